The zero-order valence-electron chi connectivity index (χ0n) is 9.78. The van der Waals surface area contributed by atoms with Crippen LogP contribution >= 0.6 is 0 Å². The van der Waals surface area contributed by atoms with E-state index in [2.05, 4.69) is 11.9 Å². The van der Waals surface area contributed by atoms with Crippen LogP contribution in [0.4, 0.5) is 0 Å². The van der Waals surface area contributed by atoms with Crippen molar-refractivity contribution in [3.63, 3.8) is 0 Å². The number of hydrogen-bond acceptors (Lipinski definition) is 3. The summed E-state index contributed by atoms with van der Waals surface area (Å²) in [6.45, 7) is 4.02. The van der Waals surface area contributed by atoms with Crippen LogP contribution in [0.5, 0.6) is 0 Å². The minimum absolute atomic E-state index is 0.0783. The smallest absolute Gasteiger partial charge is 0.192 e. The summed E-state index contributed by atoms with van der Waals surface area (Å²) in [5.74, 6) is 0.0783. The van der Waals surface area contributed by atoms with Gasteiger partial charge in [-0.05, 0) is 25.1 Å². The summed E-state index contributed by atoms with van der Waals surface area (Å²) in [5.41, 5.74) is 0.638. The first kappa shape index (κ1) is 12.9. The lowest BCUT2D eigenvalue weighted by Crippen LogP contribution is -2.33. The van der Waals surface area contributed by atoms with Gasteiger partial charge in [0.2, 0.25) is 0 Å². The quantitative estimate of drug-likeness (QED) is 0.654. The number of carbonyl (C=O) groups is 1. The molecule has 0 saturated carbocycles. The second-order valence-electron chi connectivity index (χ2n) is 3.86. The van der Waals surface area contributed by atoms with E-state index in [1.165, 1.54) is 0 Å². The Bertz CT molecular complexity index is 296. The van der Waals surface area contributed by atoms with Crippen LogP contribution in [-0.4, -0.2) is 47.0 Å². The van der Waals surface area contributed by atoms with Gasteiger partial charge in [0.05, 0.1) is 18.8 Å². The van der Waals surface area contributed by atoms with Gasteiger partial charge in [-0.25, -0.2) is 0 Å². The molecule has 0 bridgehead atoms. The number of aromatic amines is 1. The Morgan fingerprint density at radius 2 is 2.31 bits per heavy atom. The Labute approximate surface area is 96.3 Å². The Hall–Kier alpha value is -1.13. The van der Waals surface area contributed by atoms with Crippen LogP contribution in [0, 0.1) is 0 Å². The van der Waals surface area contributed by atoms with E-state index in [1.807, 2.05) is 11.0 Å². The van der Waals surface area contributed by atoms with E-state index in [0.717, 1.165) is 19.4 Å². The lowest BCUT2D eigenvalue weighted by atomic mass is 10.2. The van der Waals surface area contributed by atoms with Crippen LogP contribution in [0.3, 0.4) is 0 Å². The number of ketones is 1. The first-order chi connectivity index (χ1) is 7.77. The van der Waals surface area contributed by atoms with Crippen LogP contribution in [0.15, 0.2) is 18.3 Å². The highest BCUT2D eigenvalue weighted by Gasteiger charge is 2.12. The predicted molar refractivity (Wildman–Crippen MR) is 63.6 cm³/mol. The second-order valence-corrected chi connectivity index (χ2v) is 3.86. The van der Waals surface area contributed by atoms with E-state index in [4.69, 9.17) is 5.11 Å². The molecule has 0 aliphatic carbocycles. The average Bonchev–Trinajstić information content (AvgIpc) is 2.79. The molecule has 1 heterocycles. The lowest BCUT2D eigenvalue weighted by Gasteiger charge is -2.19. The molecule has 1 rings (SSSR count). The zero-order valence-corrected chi connectivity index (χ0v) is 9.78. The van der Waals surface area contributed by atoms with Crippen molar-refractivity contribution in [3.05, 3.63) is 24.0 Å². The fourth-order valence-electron chi connectivity index (χ4n) is 1.59. The van der Waals surface area contributed by atoms with Gasteiger partial charge in [0.15, 0.2) is 5.78 Å². The lowest BCUT2D eigenvalue weighted by molar-refractivity contribution is 0.0909. The van der Waals surface area contributed by atoms with Crippen molar-refractivity contribution in [2.45, 2.75) is 19.8 Å². The predicted octanol–water partition coefficient (Wildman–Crippen LogP) is 1.29. The van der Waals surface area contributed by atoms with Gasteiger partial charge in [-0.1, -0.05) is 13.3 Å². The largest absolute Gasteiger partial charge is 0.395 e. The van der Waals surface area contributed by atoms with Gasteiger partial charge in [-0.15, -0.1) is 0 Å². The van der Waals surface area contributed by atoms with Crippen molar-refractivity contribution in [1.29, 1.82) is 0 Å². The first-order valence-corrected chi connectivity index (χ1v) is 5.77. The number of nitrogens with one attached hydrogen (secondary N) is 1. The maximum atomic E-state index is 11.8. The Kier molecular flexibility index (Phi) is 5.82. The molecule has 0 radical (unpaired) electrons. The second kappa shape index (κ2) is 7.19. The van der Waals surface area contributed by atoms with Crippen molar-refractivity contribution >= 4 is 5.78 Å². The van der Waals surface area contributed by atoms with Crippen molar-refractivity contribution in [1.82, 2.24) is 9.88 Å². The van der Waals surface area contributed by atoms with Crippen LogP contribution in [0.1, 0.15) is 30.3 Å². The molecule has 0 amide bonds. The maximum absolute atomic E-state index is 11.8. The van der Waals surface area contributed by atoms with Crippen LogP contribution in [0.2, 0.25) is 0 Å². The van der Waals surface area contributed by atoms with Crippen molar-refractivity contribution in [2.24, 2.45) is 0 Å². The highest BCUT2D eigenvalue weighted by atomic mass is 16.3. The van der Waals surface area contributed by atoms with Gasteiger partial charge < -0.3 is 10.1 Å². The number of aromatic nitrogens is 1. The van der Waals surface area contributed by atoms with Crippen LogP contribution < -0.4 is 0 Å². The Morgan fingerprint density at radius 3 is 2.88 bits per heavy atom. The van der Waals surface area contributed by atoms with E-state index in [1.54, 1.807) is 12.3 Å². The maximum Gasteiger partial charge on any atom is 0.192 e. The number of unbranched alkanes of at least 4 members (excludes halogenated alkanes) is 1. The van der Waals surface area contributed by atoms with E-state index >= 15 is 0 Å². The third-order valence-electron chi connectivity index (χ3n) is 2.51. The minimum atomic E-state index is 0.0783. The Balaban J connectivity index is 2.44. The molecule has 16 heavy (non-hydrogen) atoms. The van der Waals surface area contributed by atoms with Crippen molar-refractivity contribution in [3.8, 4) is 0 Å². The molecule has 2 N–H and O–H groups in total. The monoisotopic (exact) mass is 224 g/mol. The molecule has 4 nitrogen and oxygen atoms in total. The molecule has 0 aliphatic heterocycles. The summed E-state index contributed by atoms with van der Waals surface area (Å²) in [6, 6.07) is 3.59. The molecular weight excluding hydrogens is 204 g/mol. The van der Waals surface area contributed by atoms with Gasteiger partial charge in [-0.3, -0.25) is 9.69 Å². The van der Waals surface area contributed by atoms with E-state index in [-0.39, 0.29) is 12.4 Å². The summed E-state index contributed by atoms with van der Waals surface area (Å²) in [5, 5.41) is 8.92. The highest BCUT2D eigenvalue weighted by Crippen LogP contribution is 2.01. The molecule has 0 aliphatic rings. The summed E-state index contributed by atoms with van der Waals surface area (Å²) in [7, 11) is 0. The van der Waals surface area contributed by atoms with Crippen molar-refractivity contribution in [2.75, 3.05) is 26.2 Å². The van der Waals surface area contributed by atoms with Crippen LogP contribution in [-0.2, 0) is 0 Å². The summed E-state index contributed by atoms with van der Waals surface area (Å²) < 4.78 is 0. The normalized spacial score (nSPS) is 10.9. The molecule has 1 aromatic heterocycles. The molecule has 0 spiro atoms. The molecule has 4 heteroatoms. The number of rotatable bonds is 8. The van der Waals surface area contributed by atoms with E-state index in [0.29, 0.717) is 18.8 Å². The minimum Gasteiger partial charge on any atom is -0.395 e. The first-order valence-electron chi connectivity index (χ1n) is 5.77. The number of aliphatic hydroxyl groups excluding tert-OH is 1. The number of carbonyl (C=O) groups excluding carboxylic acids is 1. The highest BCUT2D eigenvalue weighted by molar-refractivity contribution is 5.95. The third kappa shape index (κ3) is 4.16. The molecule has 0 atom stereocenters. The van der Waals surface area contributed by atoms with Gasteiger partial charge >= 0.3 is 0 Å². The number of nitrogens with zero attached hydrogens (tertiary/aromatic N) is 1. The molecule has 0 unspecified atom stereocenters. The fourth-order valence-corrected chi connectivity index (χ4v) is 1.59. The van der Waals surface area contributed by atoms with E-state index in [9.17, 15) is 4.79 Å². The summed E-state index contributed by atoms with van der Waals surface area (Å²) in [6.07, 6.45) is 3.90. The zero-order chi connectivity index (χ0) is 11.8. The number of hydrogen-bond donors (Lipinski definition) is 2. The third-order valence-corrected chi connectivity index (χ3v) is 2.51. The van der Waals surface area contributed by atoms with E-state index < -0.39 is 0 Å². The Morgan fingerprint density at radius 1 is 1.50 bits per heavy atom. The van der Waals surface area contributed by atoms with Gasteiger partial charge in [0.25, 0.3) is 0 Å². The molecule has 1 aromatic rings. The van der Waals surface area contributed by atoms with Crippen molar-refractivity contribution < 1.29 is 9.90 Å². The number of H-pyrrole nitrogens is 1. The number of Topliss-reactive ketones (excluding diaryl/α,β-unsaturated/α-hetero) is 1. The SMILES string of the molecule is CCCCN(CCO)CC(=O)c1ccc[nH]1. The molecule has 0 fully saturated rings. The fraction of sp³-hybridized carbons (Fsp3) is 0.583. The molecular formula is C12H20N2O2. The molecule has 0 saturated heterocycles. The standard InChI is InChI=1S/C12H20N2O2/c1-2-3-7-14(8-9-15)10-12(16)11-5-4-6-13-11/h4-6,13,15H,2-3,7-10H2,1H3. The summed E-state index contributed by atoms with van der Waals surface area (Å²) >= 11 is 0. The molecule has 90 valence electrons. The van der Waals surface area contributed by atoms with Gasteiger partial charge in [0, 0.05) is 12.7 Å². The molecule has 0 aromatic carbocycles. The average molecular weight is 224 g/mol. The van der Waals surface area contributed by atoms with Crippen LogP contribution in [0.25, 0.3) is 0 Å². The topological polar surface area (TPSA) is 56.3 Å². The van der Waals surface area contributed by atoms with Gasteiger partial charge in [0.1, 0.15) is 0 Å². The number of aliphatic hydroxyl groups is 1. The van der Waals surface area contributed by atoms with Gasteiger partial charge in [-0.2, -0.15) is 0 Å². The summed E-state index contributed by atoms with van der Waals surface area (Å²) in [4.78, 5) is 16.7.